The van der Waals surface area contributed by atoms with Crippen LogP contribution in [0.5, 0.6) is 0 Å². The summed E-state index contributed by atoms with van der Waals surface area (Å²) in [6.07, 6.45) is 1.10. The number of carbonyl (C=O) groups is 1. The molecule has 0 saturated carbocycles. The van der Waals surface area contributed by atoms with E-state index in [1.165, 1.54) is 0 Å². The zero-order valence-corrected chi connectivity index (χ0v) is 16.1. The topological polar surface area (TPSA) is 72.9 Å². The van der Waals surface area contributed by atoms with Crippen LogP contribution in [0.4, 0.5) is 4.79 Å². The van der Waals surface area contributed by atoms with Gasteiger partial charge in [0.05, 0.1) is 11.5 Å². The molecular formula is C18H27NO5S. The summed E-state index contributed by atoms with van der Waals surface area (Å²) >= 11 is 0. The number of rotatable bonds is 5. The fourth-order valence-electron chi connectivity index (χ4n) is 2.66. The van der Waals surface area contributed by atoms with Crippen molar-refractivity contribution in [2.45, 2.75) is 51.0 Å². The van der Waals surface area contributed by atoms with Gasteiger partial charge in [-0.3, -0.25) is 4.18 Å². The van der Waals surface area contributed by atoms with Crippen molar-refractivity contribution in [2.75, 3.05) is 19.7 Å². The lowest BCUT2D eigenvalue weighted by molar-refractivity contribution is 0.0286. The van der Waals surface area contributed by atoms with Crippen LogP contribution in [0.25, 0.3) is 0 Å². The number of hydrogen-bond acceptors (Lipinski definition) is 5. The number of hydrogen-bond donors (Lipinski definition) is 0. The molecule has 1 atom stereocenters. The molecule has 0 aromatic heterocycles. The van der Waals surface area contributed by atoms with Crippen LogP contribution in [-0.2, 0) is 19.0 Å². The number of aryl methyl sites for hydroxylation is 1. The van der Waals surface area contributed by atoms with Crippen molar-refractivity contribution >= 4 is 16.2 Å². The molecule has 140 valence electrons. The molecule has 0 bridgehead atoms. The first-order valence-corrected chi connectivity index (χ1v) is 9.92. The fourth-order valence-corrected chi connectivity index (χ4v) is 3.58. The quantitative estimate of drug-likeness (QED) is 0.744. The highest BCUT2D eigenvalue weighted by Crippen LogP contribution is 2.23. The third-order valence-electron chi connectivity index (χ3n) is 4.01. The largest absolute Gasteiger partial charge is 0.444 e. The molecule has 1 aliphatic heterocycles. The second kappa shape index (κ2) is 7.74. The van der Waals surface area contributed by atoms with E-state index in [0.29, 0.717) is 19.5 Å². The van der Waals surface area contributed by atoms with E-state index in [1.54, 1.807) is 29.2 Å². The van der Waals surface area contributed by atoms with Crippen LogP contribution in [0.2, 0.25) is 0 Å². The van der Waals surface area contributed by atoms with Gasteiger partial charge in [0.2, 0.25) is 0 Å². The Kier molecular flexibility index (Phi) is 6.11. The first-order valence-electron chi connectivity index (χ1n) is 8.51. The Morgan fingerprint density at radius 1 is 1.24 bits per heavy atom. The van der Waals surface area contributed by atoms with Crippen molar-refractivity contribution in [1.82, 2.24) is 4.90 Å². The lowest BCUT2D eigenvalue weighted by atomic mass is 10.1. The zero-order valence-electron chi connectivity index (χ0n) is 15.3. The van der Waals surface area contributed by atoms with E-state index in [0.717, 1.165) is 12.0 Å². The first-order chi connectivity index (χ1) is 11.6. The van der Waals surface area contributed by atoms with E-state index in [-0.39, 0.29) is 23.5 Å². The summed E-state index contributed by atoms with van der Waals surface area (Å²) in [5.74, 6) is 0.223. The zero-order chi connectivity index (χ0) is 18.7. The molecule has 1 fully saturated rings. The Hall–Kier alpha value is -1.60. The maximum Gasteiger partial charge on any atom is 0.410 e. The molecule has 1 unspecified atom stereocenters. The molecule has 1 saturated heterocycles. The van der Waals surface area contributed by atoms with Gasteiger partial charge in [-0.05, 0) is 58.6 Å². The average molecular weight is 369 g/mol. The molecule has 0 radical (unpaired) electrons. The Bertz CT molecular complexity index is 691. The van der Waals surface area contributed by atoms with Crippen molar-refractivity contribution < 1.29 is 22.1 Å². The summed E-state index contributed by atoms with van der Waals surface area (Å²) in [5, 5.41) is 0. The van der Waals surface area contributed by atoms with Gasteiger partial charge in [-0.15, -0.1) is 0 Å². The summed E-state index contributed by atoms with van der Waals surface area (Å²) in [4.78, 5) is 13.9. The number of benzene rings is 1. The second-order valence-corrected chi connectivity index (χ2v) is 9.07. The van der Waals surface area contributed by atoms with E-state index < -0.39 is 15.7 Å². The minimum Gasteiger partial charge on any atom is -0.444 e. The predicted octanol–water partition coefficient (Wildman–Crippen LogP) is 3.35. The lowest BCUT2D eigenvalue weighted by Gasteiger charge is -2.24. The normalized spacial score (nSPS) is 18.4. The Labute approximate surface area is 150 Å². The molecule has 0 spiro atoms. The van der Waals surface area contributed by atoms with Crippen molar-refractivity contribution in [3.63, 3.8) is 0 Å². The van der Waals surface area contributed by atoms with E-state index in [2.05, 4.69) is 0 Å². The molecular weight excluding hydrogens is 342 g/mol. The molecule has 1 amide bonds. The average Bonchev–Trinajstić information content (AvgIpc) is 2.95. The lowest BCUT2D eigenvalue weighted by Crippen LogP contribution is -2.35. The molecule has 7 heteroatoms. The summed E-state index contributed by atoms with van der Waals surface area (Å²) in [6, 6.07) is 6.58. The molecule has 1 heterocycles. The van der Waals surface area contributed by atoms with Crippen LogP contribution >= 0.6 is 0 Å². The highest BCUT2D eigenvalue weighted by atomic mass is 32.2. The monoisotopic (exact) mass is 369 g/mol. The molecule has 0 aliphatic carbocycles. The van der Waals surface area contributed by atoms with E-state index in [4.69, 9.17) is 8.92 Å². The second-order valence-electron chi connectivity index (χ2n) is 7.46. The summed E-state index contributed by atoms with van der Waals surface area (Å²) in [6.45, 7) is 8.72. The fraction of sp³-hybridized carbons (Fsp3) is 0.611. The van der Waals surface area contributed by atoms with Gasteiger partial charge in [-0.1, -0.05) is 17.7 Å². The van der Waals surface area contributed by atoms with Gasteiger partial charge in [0, 0.05) is 13.1 Å². The van der Waals surface area contributed by atoms with Gasteiger partial charge < -0.3 is 9.64 Å². The van der Waals surface area contributed by atoms with Crippen LogP contribution < -0.4 is 0 Å². The van der Waals surface area contributed by atoms with Gasteiger partial charge in [-0.25, -0.2) is 4.79 Å². The van der Waals surface area contributed by atoms with Crippen LogP contribution in [-0.4, -0.2) is 44.7 Å². The Morgan fingerprint density at radius 2 is 1.88 bits per heavy atom. The van der Waals surface area contributed by atoms with Gasteiger partial charge in [0.25, 0.3) is 10.1 Å². The van der Waals surface area contributed by atoms with Crippen molar-refractivity contribution in [1.29, 1.82) is 0 Å². The molecule has 25 heavy (non-hydrogen) atoms. The van der Waals surface area contributed by atoms with Crippen molar-refractivity contribution in [3.8, 4) is 0 Å². The van der Waals surface area contributed by atoms with Gasteiger partial charge in [-0.2, -0.15) is 8.42 Å². The minimum atomic E-state index is -3.73. The van der Waals surface area contributed by atoms with Crippen LogP contribution in [0.1, 0.15) is 39.2 Å². The van der Waals surface area contributed by atoms with E-state index >= 15 is 0 Å². The molecule has 1 aromatic carbocycles. The predicted molar refractivity (Wildman–Crippen MR) is 94.8 cm³/mol. The Morgan fingerprint density at radius 3 is 2.48 bits per heavy atom. The maximum atomic E-state index is 12.1. The minimum absolute atomic E-state index is 0.114. The number of carbonyl (C=O) groups excluding carboxylic acids is 1. The standard InChI is InChI=1S/C18H27NO5S/c1-14-5-7-16(8-6-14)25(21,22)23-12-10-15-9-11-19(13-15)17(20)24-18(2,3)4/h5-8,15H,9-13H2,1-4H3. The number of ether oxygens (including phenoxy) is 1. The van der Waals surface area contributed by atoms with Gasteiger partial charge >= 0.3 is 6.09 Å². The smallest absolute Gasteiger partial charge is 0.410 e. The highest BCUT2D eigenvalue weighted by molar-refractivity contribution is 7.86. The summed E-state index contributed by atoms with van der Waals surface area (Å²) < 4.78 is 34.8. The summed E-state index contributed by atoms with van der Waals surface area (Å²) in [5.41, 5.74) is 0.479. The van der Waals surface area contributed by atoms with Crippen LogP contribution in [0.3, 0.4) is 0 Å². The third kappa shape index (κ3) is 6.01. The highest BCUT2D eigenvalue weighted by Gasteiger charge is 2.29. The SMILES string of the molecule is Cc1ccc(S(=O)(=O)OCCC2CCN(C(=O)OC(C)(C)C)C2)cc1. The third-order valence-corrected chi connectivity index (χ3v) is 5.34. The first kappa shape index (κ1) is 19.7. The number of likely N-dealkylation sites (tertiary alicyclic amines) is 1. The number of nitrogens with zero attached hydrogens (tertiary/aromatic N) is 1. The van der Waals surface area contributed by atoms with Gasteiger partial charge in [0.1, 0.15) is 5.60 Å². The summed E-state index contributed by atoms with van der Waals surface area (Å²) in [7, 11) is -3.73. The van der Waals surface area contributed by atoms with E-state index in [9.17, 15) is 13.2 Å². The molecule has 1 aliphatic rings. The molecule has 0 N–H and O–H groups in total. The molecule has 6 nitrogen and oxygen atoms in total. The maximum absolute atomic E-state index is 12.1. The van der Waals surface area contributed by atoms with Crippen LogP contribution in [0.15, 0.2) is 29.2 Å². The van der Waals surface area contributed by atoms with Crippen molar-refractivity contribution in [2.24, 2.45) is 5.92 Å². The van der Waals surface area contributed by atoms with Crippen molar-refractivity contribution in [3.05, 3.63) is 29.8 Å². The molecule has 2 rings (SSSR count). The molecule has 1 aromatic rings. The number of amides is 1. The van der Waals surface area contributed by atoms with Crippen LogP contribution in [0, 0.1) is 12.8 Å². The van der Waals surface area contributed by atoms with Gasteiger partial charge in [0.15, 0.2) is 0 Å². The Balaban J connectivity index is 1.79. The van der Waals surface area contributed by atoms with E-state index in [1.807, 2.05) is 27.7 Å².